The van der Waals surface area contributed by atoms with Gasteiger partial charge in [-0.1, -0.05) is 18.2 Å². The van der Waals surface area contributed by atoms with E-state index in [-0.39, 0.29) is 5.92 Å². The summed E-state index contributed by atoms with van der Waals surface area (Å²) in [6.45, 7) is 0. The van der Waals surface area contributed by atoms with Gasteiger partial charge >= 0.3 is 5.97 Å². The minimum atomic E-state index is -1.29. The van der Waals surface area contributed by atoms with E-state index in [1.54, 1.807) is 6.20 Å². The summed E-state index contributed by atoms with van der Waals surface area (Å²) in [6, 6.07) is 11.8. The van der Waals surface area contributed by atoms with Crippen LogP contribution in [0.5, 0.6) is 0 Å². The molecule has 2 aromatic rings. The molecule has 1 heterocycles. The van der Waals surface area contributed by atoms with E-state index in [9.17, 15) is 9.90 Å². The Morgan fingerprint density at radius 2 is 2.00 bits per heavy atom. The lowest BCUT2D eigenvalue weighted by Crippen LogP contribution is -2.29. The minimum Gasteiger partial charge on any atom is -0.479 e. The quantitative estimate of drug-likeness (QED) is 0.893. The number of hydrogen-bond acceptors (Lipinski definition) is 3. The van der Waals surface area contributed by atoms with Gasteiger partial charge in [0.15, 0.2) is 6.10 Å². The number of hydrogen-bond donors (Lipinski definition) is 2. The summed E-state index contributed by atoms with van der Waals surface area (Å²) in [6.07, 6.45) is 1.68. The molecule has 0 spiro atoms. The summed E-state index contributed by atoms with van der Waals surface area (Å²) in [5, 5.41) is 18.6. The summed E-state index contributed by atoms with van der Waals surface area (Å²) in [5.74, 6) is -1.38. The first kappa shape index (κ1) is 12.8. The number of nitrogens with zero attached hydrogens (tertiary/aromatic N) is 1. The Balaban J connectivity index is 1.87. The number of fused-ring (bicyclic) bond motifs is 1. The van der Waals surface area contributed by atoms with Crippen molar-refractivity contribution in [2.75, 3.05) is 0 Å². The van der Waals surface area contributed by atoms with Gasteiger partial charge in [-0.3, -0.25) is 4.98 Å². The highest BCUT2D eigenvalue weighted by atomic mass is 16.4. The van der Waals surface area contributed by atoms with Crippen molar-refractivity contribution in [3.63, 3.8) is 0 Å². The van der Waals surface area contributed by atoms with Crippen molar-refractivity contribution < 1.29 is 15.0 Å². The highest BCUT2D eigenvalue weighted by Gasteiger charge is 2.31. The van der Waals surface area contributed by atoms with Gasteiger partial charge in [0.1, 0.15) is 0 Å². The molecule has 4 nitrogen and oxygen atoms in total. The number of carboxylic acid groups (broad SMARTS) is 1. The standard InChI is InChI=1S/C16H15NO3/c18-15(16(19)20)13-7-10-4-5-11(8-12(10)9-13)14-3-1-2-6-17-14/h1-6,8,13,15,18H,7,9H2,(H,19,20). The largest absolute Gasteiger partial charge is 0.479 e. The molecule has 0 fully saturated rings. The average Bonchev–Trinajstić information content (AvgIpc) is 2.90. The number of pyridine rings is 1. The number of aromatic nitrogens is 1. The van der Waals surface area contributed by atoms with Crippen molar-refractivity contribution in [3.05, 3.63) is 53.7 Å². The summed E-state index contributed by atoms with van der Waals surface area (Å²) in [4.78, 5) is 15.2. The van der Waals surface area contributed by atoms with Crippen LogP contribution in [-0.4, -0.2) is 27.3 Å². The van der Waals surface area contributed by atoms with Crippen LogP contribution in [-0.2, 0) is 17.6 Å². The van der Waals surface area contributed by atoms with E-state index < -0.39 is 12.1 Å². The van der Waals surface area contributed by atoms with Crippen LogP contribution in [0.1, 0.15) is 11.1 Å². The van der Waals surface area contributed by atoms with Crippen molar-refractivity contribution >= 4 is 5.97 Å². The Bertz CT molecular complexity index is 639. The summed E-state index contributed by atoms with van der Waals surface area (Å²) in [5.41, 5.74) is 4.15. The number of rotatable bonds is 3. The van der Waals surface area contributed by atoms with Gasteiger partial charge in [0.2, 0.25) is 0 Å². The fraction of sp³-hybridized carbons (Fsp3) is 0.250. The summed E-state index contributed by atoms with van der Waals surface area (Å²) >= 11 is 0. The molecule has 20 heavy (non-hydrogen) atoms. The maximum atomic E-state index is 10.9. The van der Waals surface area contributed by atoms with Gasteiger partial charge < -0.3 is 10.2 Å². The van der Waals surface area contributed by atoms with Gasteiger partial charge in [-0.2, -0.15) is 0 Å². The molecule has 0 saturated heterocycles. The van der Waals surface area contributed by atoms with Crippen molar-refractivity contribution in [2.24, 2.45) is 5.92 Å². The van der Waals surface area contributed by atoms with E-state index >= 15 is 0 Å². The molecule has 0 amide bonds. The zero-order chi connectivity index (χ0) is 14.1. The van der Waals surface area contributed by atoms with Crippen LogP contribution < -0.4 is 0 Å². The molecule has 2 N–H and O–H groups in total. The summed E-state index contributed by atoms with van der Waals surface area (Å²) in [7, 11) is 0. The number of carbonyl (C=O) groups is 1. The molecule has 2 atom stereocenters. The normalized spacial score (nSPS) is 18.6. The smallest absolute Gasteiger partial charge is 0.332 e. The van der Waals surface area contributed by atoms with Gasteiger partial charge in [-0.15, -0.1) is 0 Å². The maximum Gasteiger partial charge on any atom is 0.332 e. The Hall–Kier alpha value is -2.20. The third kappa shape index (κ3) is 2.30. The first-order valence-corrected chi connectivity index (χ1v) is 6.59. The minimum absolute atomic E-state index is 0.235. The second-order valence-electron chi connectivity index (χ2n) is 5.15. The number of benzene rings is 1. The van der Waals surface area contributed by atoms with E-state index in [1.165, 1.54) is 0 Å². The highest BCUT2D eigenvalue weighted by molar-refractivity contribution is 5.73. The van der Waals surface area contributed by atoms with Crippen LogP contribution in [0.25, 0.3) is 11.3 Å². The zero-order valence-corrected chi connectivity index (χ0v) is 10.9. The van der Waals surface area contributed by atoms with Gasteiger partial charge in [0.05, 0.1) is 5.69 Å². The van der Waals surface area contributed by atoms with E-state index in [1.807, 2.05) is 36.4 Å². The number of carboxylic acids is 1. The molecule has 0 aliphatic heterocycles. The molecule has 1 aliphatic rings. The van der Waals surface area contributed by atoms with Gasteiger partial charge in [-0.25, -0.2) is 4.79 Å². The van der Waals surface area contributed by atoms with Gasteiger partial charge in [0.25, 0.3) is 0 Å². The third-order valence-electron chi connectivity index (χ3n) is 3.83. The van der Waals surface area contributed by atoms with E-state index in [4.69, 9.17) is 5.11 Å². The third-order valence-corrected chi connectivity index (χ3v) is 3.83. The second-order valence-corrected chi connectivity index (χ2v) is 5.15. The second kappa shape index (κ2) is 5.06. The van der Waals surface area contributed by atoms with Crippen LogP contribution in [0, 0.1) is 5.92 Å². The molecular weight excluding hydrogens is 254 g/mol. The zero-order valence-electron chi connectivity index (χ0n) is 10.9. The van der Waals surface area contributed by atoms with Gasteiger partial charge in [0, 0.05) is 17.7 Å². The van der Waals surface area contributed by atoms with Crippen molar-refractivity contribution in [2.45, 2.75) is 18.9 Å². The molecule has 0 radical (unpaired) electrons. The van der Waals surface area contributed by atoms with Crippen molar-refractivity contribution in [1.29, 1.82) is 0 Å². The molecule has 102 valence electrons. The van der Waals surface area contributed by atoms with Crippen molar-refractivity contribution in [1.82, 2.24) is 4.98 Å². The predicted octanol–water partition coefficient (Wildman–Crippen LogP) is 1.91. The lowest BCUT2D eigenvalue weighted by molar-refractivity contribution is -0.149. The first-order valence-electron chi connectivity index (χ1n) is 6.59. The Morgan fingerprint density at radius 1 is 1.20 bits per heavy atom. The molecular formula is C16H15NO3. The lowest BCUT2D eigenvalue weighted by atomic mass is 9.99. The first-order chi connectivity index (χ1) is 9.65. The maximum absolute atomic E-state index is 10.9. The van der Waals surface area contributed by atoms with Crippen LogP contribution in [0.2, 0.25) is 0 Å². The number of aliphatic hydroxyl groups is 1. The molecule has 1 aliphatic carbocycles. The molecule has 1 aromatic carbocycles. The number of aliphatic hydroxyl groups excluding tert-OH is 1. The van der Waals surface area contributed by atoms with Crippen LogP contribution in [0.15, 0.2) is 42.6 Å². The number of aliphatic carboxylic acids is 1. The monoisotopic (exact) mass is 269 g/mol. The van der Waals surface area contributed by atoms with E-state index in [2.05, 4.69) is 4.98 Å². The fourth-order valence-corrected chi connectivity index (χ4v) is 2.77. The highest BCUT2D eigenvalue weighted by Crippen LogP contribution is 2.32. The van der Waals surface area contributed by atoms with Gasteiger partial charge in [-0.05, 0) is 42.2 Å². The fourth-order valence-electron chi connectivity index (χ4n) is 2.77. The molecule has 0 bridgehead atoms. The Kier molecular flexibility index (Phi) is 3.24. The molecule has 3 rings (SSSR count). The molecule has 0 saturated carbocycles. The lowest BCUT2D eigenvalue weighted by Gasteiger charge is -2.12. The van der Waals surface area contributed by atoms with Crippen LogP contribution >= 0.6 is 0 Å². The topological polar surface area (TPSA) is 70.4 Å². The SMILES string of the molecule is O=C(O)C(O)C1Cc2ccc(-c3ccccn3)cc2C1. The van der Waals surface area contributed by atoms with Crippen molar-refractivity contribution in [3.8, 4) is 11.3 Å². The van der Waals surface area contributed by atoms with E-state index in [0.29, 0.717) is 12.8 Å². The van der Waals surface area contributed by atoms with E-state index in [0.717, 1.165) is 22.4 Å². The Morgan fingerprint density at radius 3 is 2.70 bits per heavy atom. The predicted molar refractivity (Wildman–Crippen MR) is 74.2 cm³/mol. The summed E-state index contributed by atoms with van der Waals surface area (Å²) < 4.78 is 0. The molecule has 1 aromatic heterocycles. The van der Waals surface area contributed by atoms with Crippen LogP contribution in [0.3, 0.4) is 0 Å². The molecule has 4 heteroatoms. The van der Waals surface area contributed by atoms with Crippen LogP contribution in [0.4, 0.5) is 0 Å². The molecule has 2 unspecified atom stereocenters. The Labute approximate surface area is 116 Å². The average molecular weight is 269 g/mol.